The van der Waals surface area contributed by atoms with Crippen LogP contribution in [0.3, 0.4) is 0 Å². The molecule has 6 rings (SSSR count). The number of fused-ring (bicyclic) bond motifs is 1. The molecule has 3 heterocycles. The standard InChI is InChI=1S/C32H31FN4O2S/c1-21-9-8-12-26(22(21)2)37-32-29(30(34-37)23-10-4-3-5-11-23)31(24-13-15-25(33)16-14-24)40-20-28(39)36(32)19-27(38)35-17-6-7-18-35/h3-5,8-16,31H,6-7,17-20H2,1-2H3. The van der Waals surface area contributed by atoms with Gasteiger partial charge in [-0.1, -0.05) is 54.6 Å². The SMILES string of the molecule is Cc1cccc(-n2nc(-c3ccccc3)c3c2N(CC(=O)N2CCCC2)C(=O)CSC3c2ccc(F)cc2)c1C. The van der Waals surface area contributed by atoms with Gasteiger partial charge in [-0.3, -0.25) is 14.5 Å². The van der Waals surface area contributed by atoms with Crippen molar-refractivity contribution in [3.63, 3.8) is 0 Å². The largest absolute Gasteiger partial charge is 0.341 e. The van der Waals surface area contributed by atoms with Crippen LogP contribution in [0.25, 0.3) is 16.9 Å². The van der Waals surface area contributed by atoms with Crippen molar-refractivity contribution >= 4 is 29.4 Å². The number of likely N-dealkylation sites (tertiary alicyclic amines) is 1. The van der Waals surface area contributed by atoms with E-state index in [0.29, 0.717) is 18.9 Å². The van der Waals surface area contributed by atoms with Gasteiger partial charge in [-0.2, -0.15) is 5.10 Å². The summed E-state index contributed by atoms with van der Waals surface area (Å²) in [5.74, 6) is 0.271. The summed E-state index contributed by atoms with van der Waals surface area (Å²) in [6.07, 6.45) is 1.96. The fraction of sp³-hybridized carbons (Fsp3) is 0.281. The number of hydrogen-bond acceptors (Lipinski definition) is 4. The number of amides is 2. The Bertz CT molecular complexity index is 1560. The van der Waals surface area contributed by atoms with Gasteiger partial charge in [0.25, 0.3) is 0 Å². The van der Waals surface area contributed by atoms with Gasteiger partial charge in [0.1, 0.15) is 18.2 Å². The Hall–Kier alpha value is -3.91. The number of carbonyl (C=O) groups excluding carboxylic acids is 2. The molecule has 4 aromatic rings. The lowest BCUT2D eigenvalue weighted by molar-refractivity contribution is -0.130. The van der Waals surface area contributed by atoms with Crippen LogP contribution in [-0.2, 0) is 9.59 Å². The summed E-state index contributed by atoms with van der Waals surface area (Å²) in [7, 11) is 0. The zero-order valence-electron chi connectivity index (χ0n) is 22.6. The molecule has 1 unspecified atom stereocenters. The number of aromatic nitrogens is 2. The maximum absolute atomic E-state index is 14.0. The van der Waals surface area contributed by atoms with E-state index in [1.54, 1.807) is 17.0 Å². The highest BCUT2D eigenvalue weighted by molar-refractivity contribution is 8.00. The number of hydrogen-bond donors (Lipinski definition) is 0. The third kappa shape index (κ3) is 4.81. The monoisotopic (exact) mass is 554 g/mol. The van der Waals surface area contributed by atoms with E-state index in [1.165, 1.54) is 23.9 Å². The second-order valence-electron chi connectivity index (χ2n) is 10.4. The van der Waals surface area contributed by atoms with E-state index in [9.17, 15) is 14.0 Å². The first-order valence-electron chi connectivity index (χ1n) is 13.6. The third-order valence-corrected chi connectivity index (χ3v) is 9.12. The predicted octanol–water partition coefficient (Wildman–Crippen LogP) is 6.09. The fourth-order valence-electron chi connectivity index (χ4n) is 5.56. The Labute approximate surface area is 237 Å². The number of thioether (sulfide) groups is 1. The van der Waals surface area contributed by atoms with Gasteiger partial charge < -0.3 is 4.90 Å². The Morgan fingerprint density at radius 3 is 2.42 bits per heavy atom. The summed E-state index contributed by atoms with van der Waals surface area (Å²) >= 11 is 1.49. The molecule has 2 aliphatic heterocycles. The quantitative estimate of drug-likeness (QED) is 0.300. The number of anilines is 1. The zero-order chi connectivity index (χ0) is 27.8. The molecule has 204 valence electrons. The predicted molar refractivity (Wildman–Crippen MR) is 157 cm³/mol. The first kappa shape index (κ1) is 26.3. The lowest BCUT2D eigenvalue weighted by Gasteiger charge is -2.26. The minimum atomic E-state index is -0.314. The van der Waals surface area contributed by atoms with Crippen molar-refractivity contribution in [3.05, 3.63) is 101 Å². The molecule has 40 heavy (non-hydrogen) atoms. The first-order valence-corrected chi connectivity index (χ1v) is 14.7. The van der Waals surface area contributed by atoms with Gasteiger partial charge in [0, 0.05) is 24.2 Å². The van der Waals surface area contributed by atoms with Gasteiger partial charge in [0.2, 0.25) is 11.8 Å². The van der Waals surface area contributed by atoms with Crippen LogP contribution in [-0.4, -0.2) is 51.9 Å². The molecule has 0 saturated carbocycles. The molecule has 0 spiro atoms. The topological polar surface area (TPSA) is 58.4 Å². The van der Waals surface area contributed by atoms with E-state index >= 15 is 0 Å². The van der Waals surface area contributed by atoms with Crippen molar-refractivity contribution in [3.8, 4) is 16.9 Å². The molecule has 0 aliphatic carbocycles. The Morgan fingerprint density at radius 2 is 1.70 bits per heavy atom. The van der Waals surface area contributed by atoms with E-state index in [1.807, 2.05) is 59.0 Å². The smallest absolute Gasteiger partial charge is 0.242 e. The number of halogens is 1. The van der Waals surface area contributed by atoms with Gasteiger partial charge >= 0.3 is 0 Å². The van der Waals surface area contributed by atoms with Crippen molar-refractivity contribution in [1.29, 1.82) is 0 Å². The van der Waals surface area contributed by atoms with Crippen molar-refractivity contribution in [2.24, 2.45) is 0 Å². The van der Waals surface area contributed by atoms with Crippen molar-refractivity contribution in [1.82, 2.24) is 14.7 Å². The molecule has 0 bridgehead atoms. The molecule has 2 amide bonds. The lowest BCUT2D eigenvalue weighted by atomic mass is 9.99. The highest BCUT2D eigenvalue weighted by Gasteiger charge is 2.38. The van der Waals surface area contributed by atoms with Crippen molar-refractivity contribution < 1.29 is 14.0 Å². The van der Waals surface area contributed by atoms with Gasteiger partial charge in [0.15, 0.2) is 0 Å². The molecule has 1 saturated heterocycles. The Balaban J connectivity index is 1.63. The fourth-order valence-corrected chi connectivity index (χ4v) is 6.76. The van der Waals surface area contributed by atoms with Crippen LogP contribution < -0.4 is 4.90 Å². The Kier molecular flexibility index (Phi) is 7.19. The lowest BCUT2D eigenvalue weighted by Crippen LogP contribution is -2.43. The van der Waals surface area contributed by atoms with E-state index < -0.39 is 0 Å². The zero-order valence-corrected chi connectivity index (χ0v) is 23.5. The highest BCUT2D eigenvalue weighted by Crippen LogP contribution is 2.48. The molecule has 0 radical (unpaired) electrons. The van der Waals surface area contributed by atoms with Crippen LogP contribution >= 0.6 is 11.8 Å². The number of carbonyl (C=O) groups is 2. The van der Waals surface area contributed by atoms with E-state index in [2.05, 4.69) is 13.0 Å². The van der Waals surface area contributed by atoms with Crippen molar-refractivity contribution in [2.45, 2.75) is 31.9 Å². The van der Waals surface area contributed by atoms with Gasteiger partial charge in [0.05, 0.1) is 22.4 Å². The average molecular weight is 555 g/mol. The molecule has 3 aromatic carbocycles. The van der Waals surface area contributed by atoms with E-state index in [4.69, 9.17) is 5.10 Å². The number of nitrogens with zero attached hydrogens (tertiary/aromatic N) is 4. The van der Waals surface area contributed by atoms with Crippen LogP contribution in [0.2, 0.25) is 0 Å². The van der Waals surface area contributed by atoms with Crippen molar-refractivity contribution in [2.75, 3.05) is 30.3 Å². The van der Waals surface area contributed by atoms with Gasteiger partial charge in [-0.25, -0.2) is 9.07 Å². The second-order valence-corrected chi connectivity index (χ2v) is 11.5. The van der Waals surface area contributed by atoms with Gasteiger partial charge in [-0.15, -0.1) is 11.8 Å². The highest BCUT2D eigenvalue weighted by atomic mass is 32.2. The van der Waals surface area contributed by atoms with E-state index in [0.717, 1.165) is 52.0 Å². The number of benzene rings is 3. The second kappa shape index (κ2) is 10.9. The van der Waals surface area contributed by atoms with Crippen LogP contribution in [0.4, 0.5) is 10.2 Å². The molecule has 0 N–H and O–H groups in total. The summed E-state index contributed by atoms with van der Waals surface area (Å²) in [6.45, 7) is 5.48. The van der Waals surface area contributed by atoms with Crippen LogP contribution in [0.5, 0.6) is 0 Å². The summed E-state index contributed by atoms with van der Waals surface area (Å²) in [5.41, 5.74) is 6.39. The van der Waals surface area contributed by atoms with E-state index in [-0.39, 0.29) is 35.2 Å². The molecular weight excluding hydrogens is 523 g/mol. The summed E-state index contributed by atoms with van der Waals surface area (Å²) in [6, 6.07) is 22.4. The normalized spacial score (nSPS) is 17.2. The first-order chi connectivity index (χ1) is 19.4. The van der Waals surface area contributed by atoms with Gasteiger partial charge in [-0.05, 0) is 61.6 Å². The average Bonchev–Trinajstić information content (AvgIpc) is 3.61. The maximum atomic E-state index is 14.0. The Morgan fingerprint density at radius 1 is 0.975 bits per heavy atom. The molecule has 8 heteroatoms. The molecule has 6 nitrogen and oxygen atoms in total. The maximum Gasteiger partial charge on any atom is 0.242 e. The summed E-state index contributed by atoms with van der Waals surface area (Å²) in [5, 5.41) is 4.88. The summed E-state index contributed by atoms with van der Waals surface area (Å²) in [4.78, 5) is 30.8. The number of rotatable bonds is 5. The molecule has 1 fully saturated rings. The van der Waals surface area contributed by atoms with Crippen LogP contribution in [0.15, 0.2) is 72.8 Å². The molecule has 1 aromatic heterocycles. The number of aryl methyl sites for hydroxylation is 1. The molecule has 1 atom stereocenters. The molecule has 2 aliphatic rings. The third-order valence-electron chi connectivity index (χ3n) is 7.87. The van der Waals surface area contributed by atoms with Crippen LogP contribution in [0.1, 0.15) is 40.3 Å². The molecular formula is C32H31FN4O2S. The minimum Gasteiger partial charge on any atom is -0.341 e. The minimum absolute atomic E-state index is 0.0483. The summed E-state index contributed by atoms with van der Waals surface area (Å²) < 4.78 is 15.8. The van der Waals surface area contributed by atoms with Crippen LogP contribution in [0, 0.1) is 19.7 Å².